The number of ether oxygens (including phenoxy) is 1. The second-order valence-corrected chi connectivity index (χ2v) is 11.6. The molecule has 1 saturated carbocycles. The van der Waals surface area contributed by atoms with Gasteiger partial charge in [-0.05, 0) is 53.8 Å². The van der Waals surface area contributed by atoms with Crippen molar-refractivity contribution in [3.05, 3.63) is 53.1 Å². The number of nitrogens with one attached hydrogen (secondary N) is 1. The molecule has 2 aromatic carbocycles. The summed E-state index contributed by atoms with van der Waals surface area (Å²) in [4.78, 5) is 18.0. The van der Waals surface area contributed by atoms with Crippen molar-refractivity contribution in [2.24, 2.45) is 0 Å². The van der Waals surface area contributed by atoms with Gasteiger partial charge in [0.25, 0.3) is 5.91 Å². The maximum atomic E-state index is 13.3. The maximum Gasteiger partial charge on any atom is 0.259 e. The summed E-state index contributed by atoms with van der Waals surface area (Å²) < 4.78 is 31.3. The molecule has 0 radical (unpaired) electrons. The number of anilines is 1. The Kier molecular flexibility index (Phi) is 7.63. The van der Waals surface area contributed by atoms with E-state index in [2.05, 4.69) is 10.3 Å². The van der Waals surface area contributed by atoms with Gasteiger partial charge in [0.05, 0.1) is 40.2 Å². The minimum atomic E-state index is -3.34. The van der Waals surface area contributed by atoms with Crippen LogP contribution in [0.15, 0.2) is 41.3 Å². The van der Waals surface area contributed by atoms with Gasteiger partial charge in [-0.15, -0.1) is 0 Å². The van der Waals surface area contributed by atoms with Gasteiger partial charge in [0.1, 0.15) is 0 Å². The molecule has 1 amide bonds. The number of aromatic nitrogens is 1. The number of fused-ring (bicyclic) bond motifs is 1. The van der Waals surface area contributed by atoms with Crippen molar-refractivity contribution in [2.75, 3.05) is 11.1 Å². The van der Waals surface area contributed by atoms with E-state index in [1.807, 2.05) is 0 Å². The maximum absolute atomic E-state index is 13.3. The first kappa shape index (κ1) is 24.7. The predicted octanol–water partition coefficient (Wildman–Crippen LogP) is 3.71. The lowest BCUT2D eigenvalue weighted by Gasteiger charge is -2.21. The van der Waals surface area contributed by atoms with Crippen molar-refractivity contribution >= 4 is 42.4 Å². The normalized spacial score (nSPS) is 15.6. The second-order valence-electron chi connectivity index (χ2n) is 8.31. The van der Waals surface area contributed by atoms with Crippen molar-refractivity contribution in [3.8, 4) is 0 Å². The van der Waals surface area contributed by atoms with Crippen LogP contribution in [0, 0.1) is 0 Å². The summed E-state index contributed by atoms with van der Waals surface area (Å²) in [5.41, 5.74) is 2.39. The van der Waals surface area contributed by atoms with Crippen molar-refractivity contribution in [1.82, 2.24) is 4.98 Å². The van der Waals surface area contributed by atoms with Gasteiger partial charge in [0.2, 0.25) is 0 Å². The van der Waals surface area contributed by atoms with E-state index in [1.165, 1.54) is 23.5 Å². The van der Waals surface area contributed by atoms with E-state index >= 15 is 0 Å². The summed E-state index contributed by atoms with van der Waals surface area (Å²) in [5.74, 6) is -0.385. The van der Waals surface area contributed by atoms with Crippen molar-refractivity contribution < 1.29 is 28.2 Å². The highest BCUT2D eigenvalue weighted by molar-refractivity contribution is 7.91. The van der Waals surface area contributed by atoms with E-state index in [0.29, 0.717) is 27.3 Å². The Bertz CT molecular complexity index is 1220. The van der Waals surface area contributed by atoms with Gasteiger partial charge in [0, 0.05) is 0 Å². The quantitative estimate of drug-likeness (QED) is 0.405. The summed E-state index contributed by atoms with van der Waals surface area (Å²) in [6.07, 6.45) is 2.90. The van der Waals surface area contributed by atoms with E-state index in [1.54, 1.807) is 31.2 Å². The molecule has 182 valence electrons. The number of nitrogens with zero attached hydrogens (tertiary/aromatic N) is 1. The predicted molar refractivity (Wildman–Crippen MR) is 130 cm³/mol. The first-order valence-electron chi connectivity index (χ1n) is 11.3. The highest BCUT2D eigenvalue weighted by atomic mass is 32.2. The summed E-state index contributed by atoms with van der Waals surface area (Å²) in [7, 11) is -3.34. The number of hydrogen-bond acceptors (Lipinski definition) is 8. The van der Waals surface area contributed by atoms with Crippen LogP contribution in [0.1, 0.15) is 55.4 Å². The highest BCUT2D eigenvalue weighted by Gasteiger charge is 2.28. The molecule has 1 aliphatic carbocycles. The molecule has 0 bridgehead atoms. The Hall–Kier alpha value is -2.37. The van der Waals surface area contributed by atoms with E-state index < -0.39 is 15.9 Å². The zero-order valence-corrected chi connectivity index (χ0v) is 20.5. The number of carbonyl (C=O) groups excluding carboxylic acids is 1. The van der Waals surface area contributed by atoms with Crippen molar-refractivity contribution in [1.29, 1.82) is 0 Å². The molecule has 1 heterocycles. The average molecular weight is 505 g/mol. The Morgan fingerprint density at radius 2 is 1.79 bits per heavy atom. The number of rotatable bonds is 9. The molecule has 3 aromatic rings. The smallest absolute Gasteiger partial charge is 0.259 e. The average Bonchev–Trinajstić information content (AvgIpc) is 3.50. The Morgan fingerprint density at radius 1 is 1.15 bits per heavy atom. The SMILES string of the molecule is CCS(=O)(=O)c1ccc(C(OC2CCCC2)C(=O)Nc2nc3cc(CO)c(CO)cc3s2)cc1. The van der Waals surface area contributed by atoms with Gasteiger partial charge in [0.15, 0.2) is 21.1 Å². The fraction of sp³-hybridized carbons (Fsp3) is 0.417. The summed E-state index contributed by atoms with van der Waals surface area (Å²) in [6.45, 7) is 1.17. The van der Waals surface area contributed by atoms with E-state index in [-0.39, 0.29) is 35.9 Å². The van der Waals surface area contributed by atoms with Gasteiger partial charge in [-0.1, -0.05) is 43.2 Å². The van der Waals surface area contributed by atoms with E-state index in [9.17, 15) is 23.4 Å². The van der Waals surface area contributed by atoms with Crippen LogP contribution in [-0.4, -0.2) is 41.4 Å². The minimum Gasteiger partial charge on any atom is -0.392 e. The number of amides is 1. The standard InChI is InChI=1S/C24H28N2O6S2/c1-2-34(30,31)19-9-7-15(8-10-19)22(32-18-5-3-4-6-18)23(29)26-24-25-20-11-16(13-27)17(14-28)12-21(20)33-24/h7-12,18,22,27-28H,2-6,13-14H2,1H3,(H,25,26,29). The first-order chi connectivity index (χ1) is 16.3. The topological polar surface area (TPSA) is 126 Å². The number of sulfone groups is 1. The molecule has 1 fully saturated rings. The monoisotopic (exact) mass is 504 g/mol. The number of aliphatic hydroxyl groups excluding tert-OH is 2. The molecule has 1 unspecified atom stereocenters. The largest absolute Gasteiger partial charge is 0.392 e. The molecule has 1 aliphatic rings. The number of thiazole rings is 1. The molecule has 10 heteroatoms. The molecular formula is C24H28N2O6S2. The second kappa shape index (κ2) is 10.5. The Labute approximate surface area is 202 Å². The number of benzene rings is 2. The van der Waals surface area contributed by atoms with Crippen LogP contribution >= 0.6 is 11.3 Å². The fourth-order valence-corrected chi connectivity index (χ4v) is 5.90. The molecule has 34 heavy (non-hydrogen) atoms. The number of carbonyl (C=O) groups is 1. The van der Waals surface area contributed by atoms with Crippen LogP contribution in [0.3, 0.4) is 0 Å². The van der Waals surface area contributed by atoms with Gasteiger partial charge in [-0.3, -0.25) is 10.1 Å². The third-order valence-corrected chi connectivity index (χ3v) is 8.76. The van der Waals surface area contributed by atoms with Crippen LogP contribution in [0.4, 0.5) is 5.13 Å². The lowest BCUT2D eigenvalue weighted by Crippen LogP contribution is -2.26. The van der Waals surface area contributed by atoms with Crippen LogP contribution in [0.5, 0.6) is 0 Å². The van der Waals surface area contributed by atoms with Gasteiger partial charge < -0.3 is 14.9 Å². The molecule has 1 atom stereocenters. The van der Waals surface area contributed by atoms with Gasteiger partial charge in [-0.25, -0.2) is 13.4 Å². The summed E-state index contributed by atoms with van der Waals surface area (Å²) in [5, 5.41) is 22.3. The van der Waals surface area contributed by atoms with Crippen LogP contribution in [0.25, 0.3) is 10.2 Å². The van der Waals surface area contributed by atoms with Gasteiger partial charge in [-0.2, -0.15) is 0 Å². The van der Waals surface area contributed by atoms with Crippen molar-refractivity contribution in [3.63, 3.8) is 0 Å². The van der Waals surface area contributed by atoms with Crippen LogP contribution in [0.2, 0.25) is 0 Å². The number of hydrogen-bond donors (Lipinski definition) is 3. The van der Waals surface area contributed by atoms with Gasteiger partial charge >= 0.3 is 0 Å². The Balaban J connectivity index is 1.60. The fourth-order valence-electron chi connectivity index (χ4n) is 4.10. The molecule has 4 rings (SSSR count). The third kappa shape index (κ3) is 5.31. The third-order valence-electron chi connectivity index (χ3n) is 6.07. The van der Waals surface area contributed by atoms with Crippen LogP contribution in [-0.2, 0) is 32.6 Å². The van der Waals surface area contributed by atoms with Crippen molar-refractivity contribution in [2.45, 2.75) is 62.9 Å². The molecule has 0 aliphatic heterocycles. The van der Waals surface area contributed by atoms with E-state index in [0.717, 1.165) is 30.4 Å². The van der Waals surface area contributed by atoms with Crippen LogP contribution < -0.4 is 5.32 Å². The Morgan fingerprint density at radius 3 is 2.41 bits per heavy atom. The zero-order chi connectivity index (χ0) is 24.3. The molecule has 0 spiro atoms. The molecule has 1 aromatic heterocycles. The molecular weight excluding hydrogens is 476 g/mol. The number of aliphatic hydroxyl groups is 2. The molecule has 0 saturated heterocycles. The summed E-state index contributed by atoms with van der Waals surface area (Å²) >= 11 is 1.27. The lowest BCUT2D eigenvalue weighted by atomic mass is 10.1. The minimum absolute atomic E-state index is 0.00241. The molecule has 8 nitrogen and oxygen atoms in total. The van der Waals surface area contributed by atoms with E-state index in [4.69, 9.17) is 4.74 Å². The zero-order valence-electron chi connectivity index (χ0n) is 18.9. The lowest BCUT2D eigenvalue weighted by molar-refractivity contribution is -0.131. The highest BCUT2D eigenvalue weighted by Crippen LogP contribution is 2.32. The molecule has 3 N–H and O–H groups in total. The summed E-state index contributed by atoms with van der Waals surface area (Å²) in [6, 6.07) is 9.73. The first-order valence-corrected chi connectivity index (χ1v) is 13.7.